The first-order valence-corrected chi connectivity index (χ1v) is 23.4. The summed E-state index contributed by atoms with van der Waals surface area (Å²) in [7, 11) is -17.6. The van der Waals surface area contributed by atoms with E-state index in [1.165, 1.54) is 36.4 Å². The summed E-state index contributed by atoms with van der Waals surface area (Å²) in [6, 6.07) is 8.29. The summed E-state index contributed by atoms with van der Waals surface area (Å²) in [5.74, 6) is -0.993. The lowest BCUT2D eigenvalue weighted by atomic mass is 9.81. The minimum Gasteiger partial charge on any atom is -0.507 e. The monoisotopic (exact) mass is 841 g/mol. The summed E-state index contributed by atoms with van der Waals surface area (Å²) in [6.07, 6.45) is 8.79. The molecular weight excluding hydrogens is 797 g/mol. The lowest BCUT2D eigenvalue weighted by Gasteiger charge is -2.27. The smallest absolute Gasteiger partial charge is 0.294 e. The second kappa shape index (κ2) is 15.0. The molecule has 0 radical (unpaired) electrons. The van der Waals surface area contributed by atoms with Crippen molar-refractivity contribution >= 4 is 57.6 Å². The van der Waals surface area contributed by atoms with Crippen LogP contribution in [0.4, 0.5) is 11.4 Å². The van der Waals surface area contributed by atoms with Crippen LogP contribution < -0.4 is 4.90 Å². The number of hydrogen-bond donors (Lipinski definition) is 5. The van der Waals surface area contributed by atoms with Crippen molar-refractivity contribution in [3.63, 3.8) is 0 Å². The molecule has 0 saturated heterocycles. The van der Waals surface area contributed by atoms with E-state index < -0.39 is 62.8 Å². The molecule has 15 nitrogen and oxygen atoms in total. The Morgan fingerprint density at radius 2 is 1.31 bits per heavy atom. The van der Waals surface area contributed by atoms with Crippen LogP contribution in [-0.2, 0) is 51.3 Å². The third-order valence-electron chi connectivity index (χ3n) is 10.3. The lowest BCUT2D eigenvalue weighted by Crippen LogP contribution is -2.28. The Labute approximate surface area is 322 Å². The van der Waals surface area contributed by atoms with Crippen LogP contribution in [0, 0.1) is 0 Å². The van der Waals surface area contributed by atoms with E-state index >= 15 is 0 Å². The Bertz CT molecular complexity index is 2530. The van der Waals surface area contributed by atoms with Crippen LogP contribution in [0.25, 0.3) is 0 Å². The van der Waals surface area contributed by atoms with Crippen LogP contribution in [-0.4, -0.2) is 91.9 Å². The zero-order chi connectivity index (χ0) is 40.9. The van der Waals surface area contributed by atoms with Crippen molar-refractivity contribution in [3.8, 4) is 0 Å². The highest BCUT2D eigenvalue weighted by Crippen LogP contribution is 2.49. The number of aliphatic hydroxyl groups excluding tert-OH is 1. The Balaban J connectivity index is 1.54. The van der Waals surface area contributed by atoms with Crippen molar-refractivity contribution in [2.45, 2.75) is 80.4 Å². The Hall–Kier alpha value is -3.69. The van der Waals surface area contributed by atoms with Gasteiger partial charge in [-0.25, -0.2) is 0 Å². The number of hydrogen-bond acceptors (Lipinski definition) is 10. The quantitative estimate of drug-likeness (QED) is 0.127. The molecule has 5 rings (SSSR count). The first-order chi connectivity index (χ1) is 25.2. The number of anilines is 1. The first kappa shape index (κ1) is 42.5. The zero-order valence-corrected chi connectivity index (χ0v) is 33.9. The highest BCUT2D eigenvalue weighted by atomic mass is 32.2. The molecule has 0 aromatic heterocycles. The average Bonchev–Trinajstić information content (AvgIpc) is 3.39. The fourth-order valence-electron chi connectivity index (χ4n) is 7.52. The minimum atomic E-state index is -4.53. The van der Waals surface area contributed by atoms with Gasteiger partial charge < -0.3 is 10.0 Å². The average molecular weight is 842 g/mol. The molecule has 55 heavy (non-hydrogen) atoms. The number of fused-ring (bicyclic) bond motifs is 2. The molecule has 0 fully saturated rings. The predicted molar refractivity (Wildman–Crippen MR) is 207 cm³/mol. The van der Waals surface area contributed by atoms with Crippen molar-refractivity contribution in [1.29, 1.82) is 0 Å². The maximum Gasteiger partial charge on any atom is 0.294 e. The van der Waals surface area contributed by atoms with Gasteiger partial charge in [0.1, 0.15) is 12.3 Å². The second-order valence-electron chi connectivity index (χ2n) is 14.8. The third kappa shape index (κ3) is 9.31. The number of benzene rings is 2. The minimum absolute atomic E-state index is 0.0137. The van der Waals surface area contributed by atoms with E-state index in [-0.39, 0.29) is 41.5 Å². The molecule has 0 spiro atoms. The molecule has 2 aliphatic heterocycles. The van der Waals surface area contributed by atoms with Crippen LogP contribution in [0.1, 0.15) is 70.9 Å². The van der Waals surface area contributed by atoms with E-state index in [2.05, 4.69) is 0 Å². The van der Waals surface area contributed by atoms with Gasteiger partial charge in [0.05, 0.1) is 26.7 Å². The molecule has 2 aromatic rings. The molecule has 3 aliphatic rings. The summed E-state index contributed by atoms with van der Waals surface area (Å²) >= 11 is 0. The number of nitrogens with zero attached hydrogens (tertiary/aromatic N) is 2. The maximum atomic E-state index is 12.0. The molecule has 0 amide bonds. The summed E-state index contributed by atoms with van der Waals surface area (Å²) in [4.78, 5) is 1.21. The highest BCUT2D eigenvalue weighted by molar-refractivity contribution is 7.86. The highest BCUT2D eigenvalue weighted by Gasteiger charge is 2.45. The van der Waals surface area contributed by atoms with Gasteiger partial charge in [0, 0.05) is 47.5 Å². The van der Waals surface area contributed by atoms with Crippen LogP contribution in [0.2, 0.25) is 0 Å². The van der Waals surface area contributed by atoms with Gasteiger partial charge in [0.25, 0.3) is 40.5 Å². The van der Waals surface area contributed by atoms with Gasteiger partial charge in [-0.05, 0) is 98.7 Å². The van der Waals surface area contributed by atoms with Gasteiger partial charge in [-0.2, -0.15) is 38.2 Å². The standard InChI is InChI=1S/C36H44N2O13S4/c1-35(2)28-22-26(54(46,47)48)12-14-30(28)37(18-6-20-52(40,41)42)32(35)16-10-24-8-5-9-25(34(24)39)11-17-33-36(3,4)29-23-27(55(49,50)51)13-15-31(29)38(33)19-7-21-53(43,44)45/h10-17,22-23H,5-9,18-21H2,1-4H3,(H4,40,41,42,43,44,45,46,47,48,49,50,51)/p+1/b24-10+,32-16+. The molecule has 5 N–H and O–H groups in total. The fourth-order valence-corrected chi connectivity index (χ4v) is 9.52. The molecular formula is C36H45N2O13S4+. The van der Waals surface area contributed by atoms with Crippen LogP contribution in [0.15, 0.2) is 93.1 Å². The van der Waals surface area contributed by atoms with Gasteiger partial charge in [-0.1, -0.05) is 19.9 Å². The van der Waals surface area contributed by atoms with Crippen molar-refractivity contribution in [3.05, 3.63) is 94.4 Å². The van der Waals surface area contributed by atoms with Crippen LogP contribution >= 0.6 is 0 Å². The van der Waals surface area contributed by atoms with Crippen molar-refractivity contribution in [1.82, 2.24) is 0 Å². The Morgan fingerprint density at radius 1 is 0.727 bits per heavy atom. The van der Waals surface area contributed by atoms with Crippen LogP contribution in [0.3, 0.4) is 0 Å². The van der Waals surface area contributed by atoms with E-state index in [0.29, 0.717) is 64.3 Å². The second-order valence-corrected chi connectivity index (χ2v) is 20.8. The molecule has 0 saturated carbocycles. The number of aliphatic hydroxyl groups is 1. The van der Waals surface area contributed by atoms with Gasteiger partial charge in [0.15, 0.2) is 5.71 Å². The molecule has 2 aromatic carbocycles. The van der Waals surface area contributed by atoms with Crippen molar-refractivity contribution in [2.24, 2.45) is 0 Å². The van der Waals surface area contributed by atoms with Gasteiger partial charge >= 0.3 is 0 Å². The van der Waals surface area contributed by atoms with E-state index in [1.807, 2.05) is 37.2 Å². The van der Waals surface area contributed by atoms with Crippen molar-refractivity contribution < 1.29 is 61.6 Å². The van der Waals surface area contributed by atoms with Gasteiger partial charge in [-0.15, -0.1) is 0 Å². The summed E-state index contributed by atoms with van der Waals surface area (Å²) in [5.41, 5.74) is 3.11. The molecule has 1 aliphatic carbocycles. The summed E-state index contributed by atoms with van der Waals surface area (Å²) < 4.78 is 134. The van der Waals surface area contributed by atoms with E-state index in [0.717, 1.165) is 0 Å². The zero-order valence-electron chi connectivity index (χ0n) is 30.7. The molecule has 0 bridgehead atoms. The molecule has 0 atom stereocenters. The van der Waals surface area contributed by atoms with E-state index in [4.69, 9.17) is 0 Å². The SMILES string of the molecule is CC1(C)C(/C=C/C2=C(O)C(=C/C=C3/N(CCCS(=O)(=O)O)c4ccc(S(=O)(=O)O)cc4C3(C)C)/CCC2)=[N+](CCCS(=O)(=O)O)c2ccc(S(=O)(=O)O)cc21. The first-order valence-electron chi connectivity index (χ1n) is 17.3. The molecule has 2 heterocycles. The number of rotatable bonds is 13. The summed E-state index contributed by atoms with van der Waals surface area (Å²) in [6.45, 7) is 7.67. The topological polar surface area (TPSA) is 244 Å². The maximum absolute atomic E-state index is 12.0. The van der Waals surface area contributed by atoms with E-state index in [1.54, 1.807) is 24.3 Å². The van der Waals surface area contributed by atoms with Crippen molar-refractivity contribution in [2.75, 3.05) is 29.5 Å². The third-order valence-corrected chi connectivity index (χ3v) is 13.6. The van der Waals surface area contributed by atoms with Crippen LogP contribution in [0.5, 0.6) is 0 Å². The molecule has 19 heteroatoms. The summed E-state index contributed by atoms with van der Waals surface area (Å²) in [5, 5.41) is 11.5. The predicted octanol–water partition coefficient (Wildman–Crippen LogP) is 5.27. The fraction of sp³-hybridized carbons (Fsp3) is 0.417. The normalized spacial score (nSPS) is 20.3. The Kier molecular flexibility index (Phi) is 11.6. The number of allylic oxidation sites excluding steroid dienone is 7. The lowest BCUT2D eigenvalue weighted by molar-refractivity contribution is -0.437. The largest absolute Gasteiger partial charge is 0.507 e. The molecule has 300 valence electrons. The van der Waals surface area contributed by atoms with Gasteiger partial charge in [0.2, 0.25) is 5.69 Å². The van der Waals surface area contributed by atoms with E-state index in [9.17, 15) is 57.0 Å². The molecule has 0 unspecified atom stereocenters. The van der Waals surface area contributed by atoms with Gasteiger partial charge in [-0.3, -0.25) is 18.2 Å². The Morgan fingerprint density at radius 3 is 1.91 bits per heavy atom.